The normalized spacial score (nSPS) is 11.6. The zero-order chi connectivity index (χ0) is 16.2. The summed E-state index contributed by atoms with van der Waals surface area (Å²) in [6.07, 6.45) is 0. The molecule has 0 spiro atoms. The smallest absolute Gasteiger partial charge is 0.308 e. The molecule has 114 valence electrons. The summed E-state index contributed by atoms with van der Waals surface area (Å²) in [5, 5.41) is 22.4. The fourth-order valence-electron chi connectivity index (χ4n) is 1.87. The van der Waals surface area contributed by atoms with Crippen molar-refractivity contribution in [1.82, 2.24) is 5.32 Å². The minimum atomic E-state index is -0.980. The molecule has 0 bridgehead atoms. The predicted octanol–water partition coefficient (Wildman–Crippen LogP) is 1.11. The number of hydrogen-bond acceptors (Lipinski definition) is 5. The lowest BCUT2D eigenvalue weighted by atomic mass is 10.1. The lowest BCUT2D eigenvalue weighted by molar-refractivity contribution is -0.384. The van der Waals surface area contributed by atoms with E-state index < -0.39 is 22.7 Å². The summed E-state index contributed by atoms with van der Waals surface area (Å²) in [7, 11) is 3.00. The number of anilines is 1. The Bertz CT molecular complexity index is 573. The Labute approximate surface area is 121 Å². The molecule has 1 aromatic rings. The minimum absolute atomic E-state index is 0.121. The van der Waals surface area contributed by atoms with Gasteiger partial charge in [0.05, 0.1) is 10.8 Å². The number of nitro groups is 1. The summed E-state index contributed by atoms with van der Waals surface area (Å²) < 4.78 is 0. The first kappa shape index (κ1) is 16.4. The number of aliphatic carboxylic acids is 1. The van der Waals surface area contributed by atoms with E-state index in [9.17, 15) is 19.7 Å². The fourth-order valence-corrected chi connectivity index (χ4v) is 1.87. The van der Waals surface area contributed by atoms with Crippen LogP contribution in [0.2, 0.25) is 0 Å². The molecule has 21 heavy (non-hydrogen) atoms. The maximum atomic E-state index is 11.5. The van der Waals surface area contributed by atoms with Crippen LogP contribution in [0.15, 0.2) is 18.2 Å². The number of carboxylic acids is 1. The van der Waals surface area contributed by atoms with Crippen molar-refractivity contribution in [3.05, 3.63) is 33.9 Å². The molecule has 1 amide bonds. The van der Waals surface area contributed by atoms with E-state index in [2.05, 4.69) is 5.32 Å². The van der Waals surface area contributed by atoms with E-state index in [4.69, 9.17) is 5.11 Å². The standard InChI is InChI=1S/C13H17N3O5/c1-8(13(18)19)7-15(3)10-5-4-9(12(17)14-2)6-11(10)16(20)21/h4-6,8H,7H2,1-3H3,(H,14,17)(H,18,19). The van der Waals surface area contributed by atoms with E-state index in [-0.39, 0.29) is 23.5 Å². The zero-order valence-electron chi connectivity index (χ0n) is 12.0. The van der Waals surface area contributed by atoms with Gasteiger partial charge in [0, 0.05) is 32.3 Å². The average molecular weight is 295 g/mol. The molecule has 0 aromatic heterocycles. The first-order valence-corrected chi connectivity index (χ1v) is 6.22. The molecular weight excluding hydrogens is 278 g/mol. The molecule has 1 unspecified atom stereocenters. The van der Waals surface area contributed by atoms with Gasteiger partial charge in [0.25, 0.3) is 11.6 Å². The number of carbonyl (C=O) groups excluding carboxylic acids is 1. The number of amides is 1. The van der Waals surface area contributed by atoms with Gasteiger partial charge < -0.3 is 15.3 Å². The van der Waals surface area contributed by atoms with Gasteiger partial charge in [-0.15, -0.1) is 0 Å². The van der Waals surface area contributed by atoms with E-state index in [1.807, 2.05) is 0 Å². The molecule has 8 nitrogen and oxygen atoms in total. The number of carbonyl (C=O) groups is 2. The summed E-state index contributed by atoms with van der Waals surface area (Å²) in [6.45, 7) is 1.64. The molecular formula is C13H17N3O5. The van der Waals surface area contributed by atoms with Gasteiger partial charge in [-0.3, -0.25) is 19.7 Å². The number of nitrogens with zero attached hydrogens (tertiary/aromatic N) is 2. The first-order chi connectivity index (χ1) is 9.77. The third-order valence-corrected chi connectivity index (χ3v) is 3.04. The number of nitrogens with one attached hydrogen (secondary N) is 1. The maximum absolute atomic E-state index is 11.5. The maximum Gasteiger partial charge on any atom is 0.308 e. The molecule has 1 rings (SSSR count). The molecule has 0 aliphatic rings. The second-order valence-corrected chi connectivity index (χ2v) is 4.66. The highest BCUT2D eigenvalue weighted by atomic mass is 16.6. The Morgan fingerprint density at radius 3 is 2.57 bits per heavy atom. The number of benzene rings is 1. The van der Waals surface area contributed by atoms with Crippen LogP contribution in [-0.2, 0) is 4.79 Å². The molecule has 0 radical (unpaired) electrons. The van der Waals surface area contributed by atoms with Crippen LogP contribution in [0.5, 0.6) is 0 Å². The highest BCUT2D eigenvalue weighted by molar-refractivity contribution is 5.95. The van der Waals surface area contributed by atoms with Gasteiger partial charge in [0.2, 0.25) is 0 Å². The Morgan fingerprint density at radius 1 is 1.48 bits per heavy atom. The van der Waals surface area contributed by atoms with E-state index >= 15 is 0 Å². The molecule has 0 saturated carbocycles. The van der Waals surface area contributed by atoms with Crippen LogP contribution >= 0.6 is 0 Å². The summed E-state index contributed by atoms with van der Waals surface area (Å²) in [5.41, 5.74) is 0.199. The van der Waals surface area contributed by atoms with Gasteiger partial charge in [0.15, 0.2) is 0 Å². The van der Waals surface area contributed by atoms with Crippen molar-refractivity contribution in [2.24, 2.45) is 5.92 Å². The molecule has 0 fully saturated rings. The first-order valence-electron chi connectivity index (χ1n) is 6.22. The lowest BCUT2D eigenvalue weighted by Gasteiger charge is -2.21. The summed E-state index contributed by atoms with van der Waals surface area (Å²) in [5.74, 6) is -2.08. The molecule has 0 aliphatic carbocycles. The van der Waals surface area contributed by atoms with Crippen LogP contribution in [0.4, 0.5) is 11.4 Å². The van der Waals surface area contributed by atoms with Crippen LogP contribution in [0.25, 0.3) is 0 Å². The average Bonchev–Trinajstić information content (AvgIpc) is 2.45. The number of rotatable bonds is 6. The molecule has 1 aromatic carbocycles. The van der Waals surface area contributed by atoms with Crippen LogP contribution in [-0.4, -0.2) is 42.5 Å². The Hall–Kier alpha value is -2.64. The largest absolute Gasteiger partial charge is 0.481 e. The molecule has 2 N–H and O–H groups in total. The molecule has 0 aliphatic heterocycles. The van der Waals surface area contributed by atoms with E-state index in [1.165, 1.54) is 37.1 Å². The van der Waals surface area contributed by atoms with Crippen molar-refractivity contribution >= 4 is 23.3 Å². The topological polar surface area (TPSA) is 113 Å². The van der Waals surface area contributed by atoms with Gasteiger partial charge in [0.1, 0.15) is 5.69 Å². The third kappa shape index (κ3) is 3.91. The Balaban J connectivity index is 3.14. The Kier molecular flexibility index (Phi) is 5.23. The van der Waals surface area contributed by atoms with Crippen LogP contribution < -0.4 is 10.2 Å². The molecule has 0 heterocycles. The number of carboxylic acid groups (broad SMARTS) is 1. The van der Waals surface area contributed by atoms with Crippen LogP contribution in [0, 0.1) is 16.0 Å². The van der Waals surface area contributed by atoms with Gasteiger partial charge in [-0.05, 0) is 12.1 Å². The van der Waals surface area contributed by atoms with Crippen LogP contribution in [0.3, 0.4) is 0 Å². The van der Waals surface area contributed by atoms with Crippen LogP contribution in [0.1, 0.15) is 17.3 Å². The summed E-state index contributed by atoms with van der Waals surface area (Å²) in [6, 6.07) is 4.08. The minimum Gasteiger partial charge on any atom is -0.481 e. The number of nitro benzene ring substituents is 1. The molecule has 0 saturated heterocycles. The van der Waals surface area contributed by atoms with E-state index in [1.54, 1.807) is 7.05 Å². The van der Waals surface area contributed by atoms with Crippen molar-refractivity contribution < 1.29 is 19.6 Å². The SMILES string of the molecule is CNC(=O)c1ccc(N(C)CC(C)C(=O)O)c([N+](=O)[O-])c1. The molecule has 8 heteroatoms. The summed E-state index contributed by atoms with van der Waals surface area (Å²) >= 11 is 0. The van der Waals surface area contributed by atoms with E-state index in [0.29, 0.717) is 0 Å². The van der Waals surface area contributed by atoms with Crippen molar-refractivity contribution in [3.8, 4) is 0 Å². The predicted molar refractivity (Wildman–Crippen MR) is 76.6 cm³/mol. The zero-order valence-corrected chi connectivity index (χ0v) is 12.0. The second-order valence-electron chi connectivity index (χ2n) is 4.66. The Morgan fingerprint density at radius 2 is 2.10 bits per heavy atom. The lowest BCUT2D eigenvalue weighted by Crippen LogP contribution is -2.29. The van der Waals surface area contributed by atoms with Gasteiger partial charge >= 0.3 is 5.97 Å². The quantitative estimate of drug-likeness (QED) is 0.600. The van der Waals surface area contributed by atoms with Gasteiger partial charge in [-0.1, -0.05) is 6.92 Å². The van der Waals surface area contributed by atoms with Crippen molar-refractivity contribution in [2.75, 3.05) is 25.5 Å². The third-order valence-electron chi connectivity index (χ3n) is 3.04. The van der Waals surface area contributed by atoms with Gasteiger partial charge in [-0.2, -0.15) is 0 Å². The van der Waals surface area contributed by atoms with Crippen molar-refractivity contribution in [1.29, 1.82) is 0 Å². The highest BCUT2D eigenvalue weighted by Gasteiger charge is 2.22. The second kappa shape index (κ2) is 6.69. The highest BCUT2D eigenvalue weighted by Crippen LogP contribution is 2.29. The van der Waals surface area contributed by atoms with Crippen molar-refractivity contribution in [2.45, 2.75) is 6.92 Å². The van der Waals surface area contributed by atoms with E-state index in [0.717, 1.165) is 0 Å². The van der Waals surface area contributed by atoms with Crippen molar-refractivity contribution in [3.63, 3.8) is 0 Å². The fraction of sp³-hybridized carbons (Fsp3) is 0.385. The summed E-state index contributed by atoms with van der Waals surface area (Å²) in [4.78, 5) is 34.4. The number of hydrogen-bond donors (Lipinski definition) is 2. The van der Waals surface area contributed by atoms with Gasteiger partial charge in [-0.25, -0.2) is 0 Å². The molecule has 1 atom stereocenters. The monoisotopic (exact) mass is 295 g/mol.